The van der Waals surface area contributed by atoms with E-state index < -0.39 is 10.0 Å². The Bertz CT molecular complexity index is 393. The third-order valence-corrected chi connectivity index (χ3v) is 4.79. The lowest BCUT2D eigenvalue weighted by molar-refractivity contribution is -0.132. The summed E-state index contributed by atoms with van der Waals surface area (Å²) in [5.74, 6) is 0.123. The lowest BCUT2D eigenvalue weighted by atomic mass is 10.3. The predicted molar refractivity (Wildman–Crippen MR) is 75.4 cm³/mol. The van der Waals surface area contributed by atoms with Gasteiger partial charge in [-0.05, 0) is 26.8 Å². The van der Waals surface area contributed by atoms with Crippen LogP contribution in [0.4, 0.5) is 0 Å². The minimum atomic E-state index is -3.12. The van der Waals surface area contributed by atoms with E-state index >= 15 is 0 Å². The Labute approximate surface area is 116 Å². The molecule has 1 fully saturated rings. The van der Waals surface area contributed by atoms with Crippen molar-refractivity contribution in [3.63, 3.8) is 0 Å². The zero-order valence-electron chi connectivity index (χ0n) is 12.1. The molecule has 1 rings (SSSR count). The van der Waals surface area contributed by atoms with Crippen LogP contribution in [-0.2, 0) is 14.8 Å². The van der Waals surface area contributed by atoms with Crippen LogP contribution < -0.4 is 0 Å². The summed E-state index contributed by atoms with van der Waals surface area (Å²) in [6.45, 7) is 8.19. The van der Waals surface area contributed by atoms with Crippen LogP contribution in [0.3, 0.4) is 0 Å². The number of sulfonamides is 1. The fourth-order valence-electron chi connectivity index (χ4n) is 2.30. The van der Waals surface area contributed by atoms with Crippen LogP contribution in [0.15, 0.2) is 0 Å². The largest absolute Gasteiger partial charge is 0.342 e. The van der Waals surface area contributed by atoms with Gasteiger partial charge in [-0.25, -0.2) is 12.7 Å². The second-order valence-corrected chi connectivity index (χ2v) is 6.84. The number of carbonyl (C=O) groups excluding carboxylic acids is 1. The van der Waals surface area contributed by atoms with Crippen molar-refractivity contribution in [3.05, 3.63) is 0 Å². The normalized spacial score (nSPS) is 19.1. The van der Waals surface area contributed by atoms with E-state index in [0.717, 1.165) is 26.1 Å². The minimum absolute atomic E-state index is 0.123. The Balaban J connectivity index is 2.52. The van der Waals surface area contributed by atoms with Crippen LogP contribution in [0.5, 0.6) is 0 Å². The second kappa shape index (κ2) is 7.21. The lowest BCUT2D eigenvalue weighted by Gasteiger charge is -2.24. The Morgan fingerprint density at radius 3 is 2.26 bits per heavy atom. The van der Waals surface area contributed by atoms with Crippen molar-refractivity contribution < 1.29 is 13.2 Å². The molecule has 1 amide bonds. The van der Waals surface area contributed by atoms with Gasteiger partial charge < -0.3 is 4.90 Å². The average molecular weight is 291 g/mol. The highest BCUT2D eigenvalue weighted by atomic mass is 32.2. The molecule has 0 atom stereocenters. The maximum Gasteiger partial charge on any atom is 0.236 e. The molecule has 0 N–H and O–H groups in total. The SMILES string of the molecule is CCN(CC)C(=O)CN1CCCN(S(C)(=O)=O)CC1. The van der Waals surface area contributed by atoms with Crippen LogP contribution in [0, 0.1) is 0 Å². The van der Waals surface area contributed by atoms with Crippen molar-refractivity contribution in [2.45, 2.75) is 20.3 Å². The van der Waals surface area contributed by atoms with E-state index in [2.05, 4.69) is 0 Å². The van der Waals surface area contributed by atoms with Gasteiger partial charge in [0.2, 0.25) is 15.9 Å². The summed E-state index contributed by atoms with van der Waals surface area (Å²) in [4.78, 5) is 15.9. The second-order valence-electron chi connectivity index (χ2n) is 4.86. The molecule has 1 heterocycles. The first-order valence-electron chi connectivity index (χ1n) is 6.83. The molecule has 1 saturated heterocycles. The standard InChI is InChI=1S/C12H25N3O3S/c1-4-14(5-2)12(16)11-13-7-6-8-15(10-9-13)19(3,17)18/h4-11H2,1-3H3. The van der Waals surface area contributed by atoms with Crippen LogP contribution >= 0.6 is 0 Å². The predicted octanol–water partition coefficient (Wildman–Crippen LogP) is -0.178. The van der Waals surface area contributed by atoms with E-state index in [4.69, 9.17) is 0 Å². The number of likely N-dealkylation sites (N-methyl/N-ethyl adjacent to an activating group) is 1. The molecule has 0 radical (unpaired) electrons. The van der Waals surface area contributed by atoms with Gasteiger partial charge in [-0.2, -0.15) is 0 Å². The van der Waals surface area contributed by atoms with E-state index in [1.165, 1.54) is 10.6 Å². The monoisotopic (exact) mass is 291 g/mol. The summed E-state index contributed by atoms with van der Waals surface area (Å²) in [5.41, 5.74) is 0. The zero-order valence-corrected chi connectivity index (χ0v) is 12.9. The number of nitrogens with zero attached hydrogens (tertiary/aromatic N) is 3. The fourth-order valence-corrected chi connectivity index (χ4v) is 3.18. The van der Waals surface area contributed by atoms with E-state index in [1.54, 1.807) is 4.90 Å². The van der Waals surface area contributed by atoms with Crippen molar-refractivity contribution >= 4 is 15.9 Å². The number of hydrogen-bond acceptors (Lipinski definition) is 4. The summed E-state index contributed by atoms with van der Waals surface area (Å²) >= 11 is 0. The van der Waals surface area contributed by atoms with Gasteiger partial charge in [0.15, 0.2) is 0 Å². The first kappa shape index (κ1) is 16.4. The number of rotatable bonds is 5. The molecule has 19 heavy (non-hydrogen) atoms. The Morgan fingerprint density at radius 1 is 1.11 bits per heavy atom. The molecule has 0 saturated carbocycles. The molecule has 1 aliphatic heterocycles. The van der Waals surface area contributed by atoms with Crippen LogP contribution in [0.1, 0.15) is 20.3 Å². The van der Waals surface area contributed by atoms with Gasteiger partial charge >= 0.3 is 0 Å². The average Bonchev–Trinajstić information content (AvgIpc) is 2.55. The van der Waals surface area contributed by atoms with E-state index in [1.807, 2.05) is 18.7 Å². The summed E-state index contributed by atoms with van der Waals surface area (Å²) in [7, 11) is -3.12. The topological polar surface area (TPSA) is 60.9 Å². The number of hydrogen-bond donors (Lipinski definition) is 0. The van der Waals surface area contributed by atoms with Crippen LogP contribution in [0.25, 0.3) is 0 Å². The molecule has 0 spiro atoms. The van der Waals surface area contributed by atoms with E-state index in [-0.39, 0.29) is 5.91 Å². The Morgan fingerprint density at radius 2 is 1.74 bits per heavy atom. The van der Waals surface area contributed by atoms with E-state index in [0.29, 0.717) is 26.2 Å². The molecule has 7 heteroatoms. The van der Waals surface area contributed by atoms with Gasteiger partial charge in [-0.15, -0.1) is 0 Å². The molecule has 0 aliphatic carbocycles. The van der Waals surface area contributed by atoms with Gasteiger partial charge in [0.25, 0.3) is 0 Å². The molecule has 0 unspecified atom stereocenters. The minimum Gasteiger partial charge on any atom is -0.342 e. The van der Waals surface area contributed by atoms with Crippen molar-refractivity contribution in [2.75, 3.05) is 52.1 Å². The van der Waals surface area contributed by atoms with Crippen molar-refractivity contribution in [1.29, 1.82) is 0 Å². The number of carbonyl (C=O) groups is 1. The summed E-state index contributed by atoms with van der Waals surface area (Å²) in [5, 5.41) is 0. The molecule has 112 valence electrons. The molecular weight excluding hydrogens is 266 g/mol. The highest BCUT2D eigenvalue weighted by Gasteiger charge is 2.23. The summed E-state index contributed by atoms with van der Waals surface area (Å²) < 4.78 is 24.5. The van der Waals surface area contributed by atoms with Crippen LogP contribution in [-0.4, -0.2) is 80.5 Å². The van der Waals surface area contributed by atoms with Crippen molar-refractivity contribution in [1.82, 2.24) is 14.1 Å². The van der Waals surface area contributed by atoms with Gasteiger partial charge in [0, 0.05) is 32.7 Å². The molecule has 0 aromatic heterocycles. The summed E-state index contributed by atoms with van der Waals surface area (Å²) in [6.07, 6.45) is 2.02. The smallest absolute Gasteiger partial charge is 0.236 e. The van der Waals surface area contributed by atoms with Crippen molar-refractivity contribution in [3.8, 4) is 0 Å². The Hall–Kier alpha value is -0.660. The highest BCUT2D eigenvalue weighted by molar-refractivity contribution is 7.88. The highest BCUT2D eigenvalue weighted by Crippen LogP contribution is 2.07. The molecule has 1 aliphatic rings. The quantitative estimate of drug-likeness (QED) is 0.705. The summed E-state index contributed by atoms with van der Waals surface area (Å²) in [6, 6.07) is 0. The van der Waals surface area contributed by atoms with E-state index in [9.17, 15) is 13.2 Å². The van der Waals surface area contributed by atoms with Gasteiger partial charge in [0.1, 0.15) is 0 Å². The lowest BCUT2D eigenvalue weighted by Crippen LogP contribution is -2.42. The third kappa shape index (κ3) is 5.08. The maximum atomic E-state index is 12.0. The molecule has 6 nitrogen and oxygen atoms in total. The molecule has 0 aromatic carbocycles. The van der Waals surface area contributed by atoms with Crippen molar-refractivity contribution in [2.24, 2.45) is 0 Å². The van der Waals surface area contributed by atoms with Gasteiger partial charge in [0.05, 0.1) is 12.8 Å². The van der Waals surface area contributed by atoms with Gasteiger partial charge in [-0.1, -0.05) is 0 Å². The first-order chi connectivity index (χ1) is 8.88. The van der Waals surface area contributed by atoms with Crippen LogP contribution in [0.2, 0.25) is 0 Å². The third-order valence-electron chi connectivity index (χ3n) is 3.49. The maximum absolute atomic E-state index is 12.0. The van der Waals surface area contributed by atoms with Gasteiger partial charge in [-0.3, -0.25) is 9.69 Å². The Kier molecular flexibility index (Phi) is 6.22. The fraction of sp³-hybridized carbons (Fsp3) is 0.917. The zero-order chi connectivity index (χ0) is 14.5. The molecular formula is C12H25N3O3S. The number of amides is 1. The molecule has 0 aromatic rings. The first-order valence-corrected chi connectivity index (χ1v) is 8.68. The molecule has 0 bridgehead atoms.